The summed E-state index contributed by atoms with van der Waals surface area (Å²) in [5.74, 6) is 0.972. The van der Waals surface area contributed by atoms with Crippen LogP contribution in [0.15, 0.2) is 41.8 Å². The van der Waals surface area contributed by atoms with Crippen LogP contribution in [0.5, 0.6) is 5.75 Å². The highest BCUT2D eigenvalue weighted by Crippen LogP contribution is 2.21. The molecule has 1 atom stereocenters. The zero-order valence-corrected chi connectivity index (χ0v) is 15.4. The van der Waals surface area contributed by atoms with E-state index in [2.05, 4.69) is 28.4 Å². The van der Waals surface area contributed by atoms with Crippen LogP contribution in [0.3, 0.4) is 0 Å². The molecule has 0 saturated heterocycles. The molecule has 0 bridgehead atoms. The molecule has 0 aliphatic carbocycles. The molecule has 1 amide bonds. The number of aryl methyl sites for hydroxylation is 1. The predicted octanol–water partition coefficient (Wildman–Crippen LogP) is 3.50. The lowest BCUT2D eigenvalue weighted by Crippen LogP contribution is -2.34. The smallest absolute Gasteiger partial charge is 0.220 e. The SMILES string of the molecule is CCOc1ccc(C(CNC(=O)CCc2cccs2)N(C)C)cc1. The van der Waals surface area contributed by atoms with E-state index in [1.165, 1.54) is 10.4 Å². The average molecular weight is 346 g/mol. The fourth-order valence-corrected chi connectivity index (χ4v) is 3.25. The monoisotopic (exact) mass is 346 g/mol. The van der Waals surface area contributed by atoms with E-state index in [9.17, 15) is 4.79 Å². The highest BCUT2D eigenvalue weighted by molar-refractivity contribution is 7.09. The first-order valence-electron chi connectivity index (χ1n) is 8.28. The largest absolute Gasteiger partial charge is 0.494 e. The van der Waals surface area contributed by atoms with Crippen molar-refractivity contribution >= 4 is 17.2 Å². The molecule has 2 aromatic rings. The van der Waals surface area contributed by atoms with Crippen molar-refractivity contribution < 1.29 is 9.53 Å². The third-order valence-corrected chi connectivity index (χ3v) is 4.81. The Labute approximate surface area is 148 Å². The molecule has 1 unspecified atom stereocenters. The van der Waals surface area contributed by atoms with Gasteiger partial charge in [-0.15, -0.1) is 11.3 Å². The van der Waals surface area contributed by atoms with Crippen LogP contribution in [-0.2, 0) is 11.2 Å². The van der Waals surface area contributed by atoms with Crippen LogP contribution in [0.2, 0.25) is 0 Å². The highest BCUT2D eigenvalue weighted by atomic mass is 32.1. The first-order chi connectivity index (χ1) is 11.6. The first kappa shape index (κ1) is 18.5. The van der Waals surface area contributed by atoms with Gasteiger partial charge in [0.25, 0.3) is 0 Å². The van der Waals surface area contributed by atoms with Gasteiger partial charge < -0.3 is 15.0 Å². The number of likely N-dealkylation sites (N-methyl/N-ethyl adjacent to an activating group) is 1. The zero-order chi connectivity index (χ0) is 17.4. The van der Waals surface area contributed by atoms with Gasteiger partial charge >= 0.3 is 0 Å². The lowest BCUT2D eigenvalue weighted by molar-refractivity contribution is -0.121. The van der Waals surface area contributed by atoms with Gasteiger partial charge in [-0.3, -0.25) is 4.79 Å². The number of hydrogen-bond donors (Lipinski definition) is 1. The fourth-order valence-electron chi connectivity index (χ4n) is 2.54. The summed E-state index contributed by atoms with van der Waals surface area (Å²) in [4.78, 5) is 15.5. The third-order valence-electron chi connectivity index (χ3n) is 3.87. The zero-order valence-electron chi connectivity index (χ0n) is 14.6. The summed E-state index contributed by atoms with van der Waals surface area (Å²) in [5, 5.41) is 5.10. The van der Waals surface area contributed by atoms with Crippen molar-refractivity contribution in [3.05, 3.63) is 52.2 Å². The van der Waals surface area contributed by atoms with Crippen molar-refractivity contribution in [1.82, 2.24) is 10.2 Å². The van der Waals surface area contributed by atoms with Crippen LogP contribution < -0.4 is 10.1 Å². The standard InChI is InChI=1S/C19H26N2O2S/c1-4-23-16-9-7-15(8-10-16)18(21(2)3)14-20-19(22)12-11-17-6-5-13-24-17/h5-10,13,18H,4,11-12,14H2,1-3H3,(H,20,22). The molecule has 0 aliphatic heterocycles. The molecule has 2 rings (SSSR count). The number of carbonyl (C=O) groups is 1. The van der Waals surface area contributed by atoms with E-state index in [0.717, 1.165) is 12.2 Å². The molecule has 0 radical (unpaired) electrons. The van der Waals surface area contributed by atoms with E-state index in [-0.39, 0.29) is 11.9 Å². The molecule has 4 nitrogen and oxygen atoms in total. The Morgan fingerprint density at radius 3 is 2.58 bits per heavy atom. The van der Waals surface area contributed by atoms with Crippen LogP contribution in [0, 0.1) is 0 Å². The van der Waals surface area contributed by atoms with E-state index in [4.69, 9.17) is 4.74 Å². The molecule has 0 spiro atoms. The van der Waals surface area contributed by atoms with Crippen molar-refractivity contribution in [2.75, 3.05) is 27.2 Å². The van der Waals surface area contributed by atoms with Gasteiger partial charge in [0, 0.05) is 17.8 Å². The minimum atomic E-state index is 0.0983. The van der Waals surface area contributed by atoms with Gasteiger partial charge in [-0.05, 0) is 56.6 Å². The number of hydrogen-bond acceptors (Lipinski definition) is 4. The minimum absolute atomic E-state index is 0.0983. The normalized spacial score (nSPS) is 12.2. The molecule has 1 aromatic carbocycles. The van der Waals surface area contributed by atoms with Crippen LogP contribution >= 0.6 is 11.3 Å². The molecule has 1 aromatic heterocycles. The number of thiophene rings is 1. The van der Waals surface area contributed by atoms with Gasteiger partial charge in [-0.2, -0.15) is 0 Å². The molecule has 0 saturated carbocycles. The van der Waals surface area contributed by atoms with Gasteiger partial charge in [0.1, 0.15) is 5.75 Å². The molecular formula is C19H26N2O2S. The Morgan fingerprint density at radius 1 is 1.25 bits per heavy atom. The predicted molar refractivity (Wildman–Crippen MR) is 99.7 cm³/mol. The van der Waals surface area contributed by atoms with E-state index >= 15 is 0 Å². The second-order valence-electron chi connectivity index (χ2n) is 5.86. The number of nitrogens with one attached hydrogen (secondary N) is 1. The molecule has 0 fully saturated rings. The molecule has 24 heavy (non-hydrogen) atoms. The topological polar surface area (TPSA) is 41.6 Å². The van der Waals surface area contributed by atoms with E-state index in [1.54, 1.807) is 11.3 Å². The molecular weight excluding hydrogens is 320 g/mol. The molecule has 5 heteroatoms. The highest BCUT2D eigenvalue weighted by Gasteiger charge is 2.15. The fraction of sp³-hybridized carbons (Fsp3) is 0.421. The lowest BCUT2D eigenvalue weighted by atomic mass is 10.1. The Kier molecular flexibility index (Phi) is 7.28. The summed E-state index contributed by atoms with van der Waals surface area (Å²) in [5.41, 5.74) is 1.17. The molecule has 1 N–H and O–H groups in total. The quantitative estimate of drug-likeness (QED) is 0.755. The second kappa shape index (κ2) is 9.45. The Bertz CT molecular complexity index is 609. The van der Waals surface area contributed by atoms with Crippen molar-refractivity contribution in [2.45, 2.75) is 25.8 Å². The van der Waals surface area contributed by atoms with E-state index < -0.39 is 0 Å². The lowest BCUT2D eigenvalue weighted by Gasteiger charge is -2.25. The number of amides is 1. The Balaban J connectivity index is 1.87. The van der Waals surface area contributed by atoms with Gasteiger partial charge in [0.2, 0.25) is 5.91 Å². The summed E-state index contributed by atoms with van der Waals surface area (Å²) in [6.45, 7) is 3.24. The minimum Gasteiger partial charge on any atom is -0.494 e. The van der Waals surface area contributed by atoms with Crippen LogP contribution in [0.25, 0.3) is 0 Å². The Hall–Kier alpha value is -1.85. The number of benzene rings is 1. The number of nitrogens with zero attached hydrogens (tertiary/aromatic N) is 1. The summed E-state index contributed by atoms with van der Waals surface area (Å²) >= 11 is 1.70. The Morgan fingerprint density at radius 2 is 2.00 bits per heavy atom. The van der Waals surface area contributed by atoms with Crippen molar-refractivity contribution in [3.8, 4) is 5.75 Å². The molecule has 0 aliphatic rings. The second-order valence-corrected chi connectivity index (χ2v) is 6.90. The van der Waals surface area contributed by atoms with Crippen LogP contribution in [0.1, 0.15) is 29.8 Å². The van der Waals surface area contributed by atoms with Gasteiger partial charge in [0.05, 0.1) is 12.6 Å². The summed E-state index contributed by atoms with van der Waals surface area (Å²) in [6, 6.07) is 12.3. The maximum atomic E-state index is 12.1. The van der Waals surface area contributed by atoms with Crippen LogP contribution in [0.4, 0.5) is 0 Å². The van der Waals surface area contributed by atoms with Crippen molar-refractivity contribution in [2.24, 2.45) is 0 Å². The van der Waals surface area contributed by atoms with Gasteiger partial charge in [-0.1, -0.05) is 18.2 Å². The summed E-state index contributed by atoms with van der Waals surface area (Å²) in [6.07, 6.45) is 1.34. The third kappa shape index (κ3) is 5.65. The summed E-state index contributed by atoms with van der Waals surface area (Å²) in [7, 11) is 4.05. The van der Waals surface area contributed by atoms with Crippen LogP contribution in [-0.4, -0.2) is 38.1 Å². The average Bonchev–Trinajstić information content (AvgIpc) is 3.08. The maximum Gasteiger partial charge on any atom is 0.220 e. The van der Waals surface area contributed by atoms with Gasteiger partial charge in [-0.25, -0.2) is 0 Å². The number of rotatable bonds is 9. The summed E-state index contributed by atoms with van der Waals surface area (Å²) < 4.78 is 5.48. The van der Waals surface area contributed by atoms with Gasteiger partial charge in [0.15, 0.2) is 0 Å². The van der Waals surface area contributed by atoms with E-state index in [1.807, 2.05) is 44.6 Å². The first-order valence-corrected chi connectivity index (χ1v) is 9.16. The molecule has 130 valence electrons. The van der Waals surface area contributed by atoms with Crippen molar-refractivity contribution in [3.63, 3.8) is 0 Å². The van der Waals surface area contributed by atoms with E-state index in [0.29, 0.717) is 19.6 Å². The maximum absolute atomic E-state index is 12.1. The molecule has 1 heterocycles. The van der Waals surface area contributed by atoms with Crippen molar-refractivity contribution in [1.29, 1.82) is 0 Å². The number of carbonyl (C=O) groups excluding carboxylic acids is 1. The number of ether oxygens (including phenoxy) is 1.